The SMILES string of the molecule is Cc1ccc([C@@H](O)[C@H](C)NC(=O)c2ccccc2)cc1. The van der Waals surface area contributed by atoms with Crippen LogP contribution in [0.1, 0.15) is 34.5 Å². The average molecular weight is 269 g/mol. The first kappa shape index (κ1) is 14.3. The Labute approximate surface area is 119 Å². The molecule has 0 bridgehead atoms. The Kier molecular flexibility index (Phi) is 4.53. The summed E-state index contributed by atoms with van der Waals surface area (Å²) in [4.78, 5) is 12.0. The van der Waals surface area contributed by atoms with E-state index in [-0.39, 0.29) is 11.9 Å². The molecule has 0 saturated carbocycles. The molecular formula is C17H19NO2. The Morgan fingerprint density at radius 2 is 1.65 bits per heavy atom. The molecular weight excluding hydrogens is 250 g/mol. The van der Waals surface area contributed by atoms with Crippen molar-refractivity contribution in [3.05, 3.63) is 71.3 Å². The van der Waals surface area contributed by atoms with Crippen LogP contribution in [0.25, 0.3) is 0 Å². The van der Waals surface area contributed by atoms with E-state index in [0.717, 1.165) is 11.1 Å². The van der Waals surface area contributed by atoms with Crippen LogP contribution in [0.15, 0.2) is 54.6 Å². The highest BCUT2D eigenvalue weighted by atomic mass is 16.3. The molecule has 2 N–H and O–H groups in total. The number of nitrogens with one attached hydrogen (secondary N) is 1. The molecule has 0 radical (unpaired) electrons. The van der Waals surface area contributed by atoms with E-state index in [4.69, 9.17) is 0 Å². The van der Waals surface area contributed by atoms with Crippen LogP contribution >= 0.6 is 0 Å². The van der Waals surface area contributed by atoms with Crippen molar-refractivity contribution in [2.75, 3.05) is 0 Å². The molecule has 3 heteroatoms. The molecule has 0 aromatic heterocycles. The van der Waals surface area contributed by atoms with Crippen molar-refractivity contribution in [3.8, 4) is 0 Å². The number of carbonyl (C=O) groups is 1. The van der Waals surface area contributed by atoms with E-state index < -0.39 is 6.10 Å². The van der Waals surface area contributed by atoms with E-state index in [9.17, 15) is 9.90 Å². The first-order valence-corrected chi connectivity index (χ1v) is 6.68. The van der Waals surface area contributed by atoms with Crippen molar-refractivity contribution >= 4 is 5.91 Å². The van der Waals surface area contributed by atoms with E-state index >= 15 is 0 Å². The fourth-order valence-electron chi connectivity index (χ4n) is 2.01. The van der Waals surface area contributed by atoms with E-state index in [2.05, 4.69) is 5.32 Å². The quantitative estimate of drug-likeness (QED) is 0.896. The van der Waals surface area contributed by atoms with E-state index in [1.54, 1.807) is 19.1 Å². The van der Waals surface area contributed by atoms with Crippen molar-refractivity contribution in [1.82, 2.24) is 5.32 Å². The van der Waals surface area contributed by atoms with Gasteiger partial charge >= 0.3 is 0 Å². The van der Waals surface area contributed by atoms with Crippen LogP contribution < -0.4 is 5.32 Å². The molecule has 0 aliphatic heterocycles. The first-order valence-electron chi connectivity index (χ1n) is 6.68. The van der Waals surface area contributed by atoms with Gasteiger partial charge in [-0.15, -0.1) is 0 Å². The summed E-state index contributed by atoms with van der Waals surface area (Å²) in [5.41, 5.74) is 2.54. The monoisotopic (exact) mass is 269 g/mol. The van der Waals surface area contributed by atoms with Crippen LogP contribution in [-0.2, 0) is 0 Å². The van der Waals surface area contributed by atoms with Gasteiger partial charge < -0.3 is 10.4 Å². The zero-order chi connectivity index (χ0) is 14.5. The summed E-state index contributed by atoms with van der Waals surface area (Å²) in [6.45, 7) is 3.79. The summed E-state index contributed by atoms with van der Waals surface area (Å²) >= 11 is 0. The smallest absolute Gasteiger partial charge is 0.251 e. The second-order valence-electron chi connectivity index (χ2n) is 4.98. The Morgan fingerprint density at radius 3 is 2.25 bits per heavy atom. The Morgan fingerprint density at radius 1 is 1.05 bits per heavy atom. The van der Waals surface area contributed by atoms with Gasteiger partial charge in [0.2, 0.25) is 0 Å². The number of aliphatic hydroxyl groups is 1. The fraction of sp³-hybridized carbons (Fsp3) is 0.235. The molecule has 1 amide bonds. The second kappa shape index (κ2) is 6.35. The number of hydrogen-bond donors (Lipinski definition) is 2. The van der Waals surface area contributed by atoms with Crippen LogP contribution in [0, 0.1) is 6.92 Å². The summed E-state index contributed by atoms with van der Waals surface area (Å²) in [6, 6.07) is 16.3. The minimum absolute atomic E-state index is 0.177. The highest BCUT2D eigenvalue weighted by molar-refractivity contribution is 5.94. The Bertz CT molecular complexity index is 563. The summed E-state index contributed by atoms with van der Waals surface area (Å²) in [6.07, 6.45) is -0.719. The van der Waals surface area contributed by atoms with Crippen LogP contribution in [0.2, 0.25) is 0 Å². The van der Waals surface area contributed by atoms with Gasteiger partial charge in [0, 0.05) is 5.56 Å². The predicted octanol–water partition coefficient (Wildman–Crippen LogP) is 2.85. The maximum Gasteiger partial charge on any atom is 0.251 e. The lowest BCUT2D eigenvalue weighted by Crippen LogP contribution is -2.37. The number of rotatable bonds is 4. The maximum atomic E-state index is 12.0. The molecule has 2 aromatic carbocycles. The Balaban J connectivity index is 2.02. The molecule has 0 aliphatic carbocycles. The zero-order valence-electron chi connectivity index (χ0n) is 11.7. The van der Waals surface area contributed by atoms with Crippen molar-refractivity contribution in [1.29, 1.82) is 0 Å². The molecule has 2 rings (SSSR count). The molecule has 3 nitrogen and oxygen atoms in total. The summed E-state index contributed by atoms with van der Waals surface area (Å²) < 4.78 is 0. The first-order chi connectivity index (χ1) is 9.58. The fourth-order valence-corrected chi connectivity index (χ4v) is 2.01. The molecule has 0 fully saturated rings. The van der Waals surface area contributed by atoms with Gasteiger partial charge in [-0.1, -0.05) is 48.0 Å². The molecule has 0 heterocycles. The second-order valence-corrected chi connectivity index (χ2v) is 4.98. The van der Waals surface area contributed by atoms with Crippen molar-refractivity contribution in [2.45, 2.75) is 26.0 Å². The number of amides is 1. The van der Waals surface area contributed by atoms with Gasteiger partial charge in [0.15, 0.2) is 0 Å². The van der Waals surface area contributed by atoms with Crippen LogP contribution in [0.4, 0.5) is 0 Å². The van der Waals surface area contributed by atoms with Gasteiger partial charge in [-0.3, -0.25) is 4.79 Å². The lowest BCUT2D eigenvalue weighted by Gasteiger charge is -2.20. The highest BCUT2D eigenvalue weighted by Crippen LogP contribution is 2.17. The predicted molar refractivity (Wildman–Crippen MR) is 79.5 cm³/mol. The third-order valence-electron chi connectivity index (χ3n) is 3.29. The minimum atomic E-state index is -0.719. The van der Waals surface area contributed by atoms with Crippen molar-refractivity contribution < 1.29 is 9.90 Å². The number of carbonyl (C=O) groups excluding carboxylic acids is 1. The summed E-state index contributed by atoms with van der Waals surface area (Å²) in [5.74, 6) is -0.177. The van der Waals surface area contributed by atoms with Gasteiger partial charge in [-0.05, 0) is 31.5 Å². The number of hydrogen-bond acceptors (Lipinski definition) is 2. The largest absolute Gasteiger partial charge is 0.386 e. The van der Waals surface area contributed by atoms with Gasteiger partial charge in [0.05, 0.1) is 12.1 Å². The molecule has 0 aliphatic rings. The lowest BCUT2D eigenvalue weighted by atomic mass is 10.0. The standard InChI is InChI=1S/C17H19NO2/c1-12-8-10-14(11-9-12)16(19)13(2)18-17(20)15-6-4-3-5-7-15/h3-11,13,16,19H,1-2H3,(H,18,20)/t13-,16-/m0/s1. The van der Waals surface area contributed by atoms with Gasteiger partial charge in [-0.2, -0.15) is 0 Å². The molecule has 0 saturated heterocycles. The topological polar surface area (TPSA) is 49.3 Å². The molecule has 0 spiro atoms. The van der Waals surface area contributed by atoms with Gasteiger partial charge in [-0.25, -0.2) is 0 Å². The Hall–Kier alpha value is -2.13. The van der Waals surface area contributed by atoms with Gasteiger partial charge in [0.1, 0.15) is 0 Å². The number of aryl methyl sites for hydroxylation is 1. The molecule has 2 atom stereocenters. The molecule has 104 valence electrons. The maximum absolute atomic E-state index is 12.0. The highest BCUT2D eigenvalue weighted by Gasteiger charge is 2.18. The van der Waals surface area contributed by atoms with Crippen molar-refractivity contribution in [2.24, 2.45) is 0 Å². The van der Waals surface area contributed by atoms with Crippen LogP contribution in [0.3, 0.4) is 0 Å². The number of aliphatic hydroxyl groups excluding tert-OH is 1. The van der Waals surface area contributed by atoms with Crippen LogP contribution in [-0.4, -0.2) is 17.1 Å². The third kappa shape index (κ3) is 3.45. The normalized spacial score (nSPS) is 13.6. The van der Waals surface area contributed by atoms with E-state index in [1.807, 2.05) is 49.4 Å². The molecule has 0 unspecified atom stereocenters. The zero-order valence-corrected chi connectivity index (χ0v) is 11.7. The summed E-state index contributed by atoms with van der Waals surface area (Å²) in [7, 11) is 0. The van der Waals surface area contributed by atoms with Crippen molar-refractivity contribution in [3.63, 3.8) is 0 Å². The van der Waals surface area contributed by atoms with Gasteiger partial charge in [0.25, 0.3) is 5.91 Å². The average Bonchev–Trinajstić information content (AvgIpc) is 2.48. The molecule has 20 heavy (non-hydrogen) atoms. The minimum Gasteiger partial charge on any atom is -0.386 e. The third-order valence-corrected chi connectivity index (χ3v) is 3.29. The lowest BCUT2D eigenvalue weighted by molar-refractivity contribution is 0.0852. The van der Waals surface area contributed by atoms with E-state index in [0.29, 0.717) is 5.56 Å². The number of benzene rings is 2. The van der Waals surface area contributed by atoms with Crippen LogP contribution in [0.5, 0.6) is 0 Å². The molecule has 2 aromatic rings. The van der Waals surface area contributed by atoms with E-state index in [1.165, 1.54) is 0 Å². The summed E-state index contributed by atoms with van der Waals surface area (Å²) in [5, 5.41) is 13.1.